The van der Waals surface area contributed by atoms with Crippen LogP contribution >= 0.6 is 0 Å². The molecule has 3 aromatic rings. The number of carbonyl (C=O) groups is 1. The Balaban J connectivity index is 1.58. The number of piperidine rings is 1. The number of aryl methyl sites for hydroxylation is 2. The van der Waals surface area contributed by atoms with E-state index in [-0.39, 0.29) is 11.8 Å². The van der Waals surface area contributed by atoms with Gasteiger partial charge >= 0.3 is 0 Å². The molecule has 3 heterocycles. The Labute approximate surface area is 188 Å². The lowest BCUT2D eigenvalue weighted by Gasteiger charge is -2.32. The number of anilines is 1. The number of benzene rings is 1. The summed E-state index contributed by atoms with van der Waals surface area (Å²) < 4.78 is 7.00. The molecule has 1 aliphatic heterocycles. The van der Waals surface area contributed by atoms with Crippen LogP contribution in [0.25, 0.3) is 11.1 Å². The van der Waals surface area contributed by atoms with Gasteiger partial charge in [0.1, 0.15) is 5.75 Å². The maximum atomic E-state index is 13.0. The second-order valence-electron chi connectivity index (χ2n) is 8.46. The number of ether oxygens (including phenoxy) is 1. The zero-order valence-corrected chi connectivity index (χ0v) is 19.4. The second kappa shape index (κ2) is 8.98. The molecule has 0 unspecified atom stereocenters. The van der Waals surface area contributed by atoms with E-state index in [1.165, 1.54) is 0 Å². The van der Waals surface area contributed by atoms with E-state index in [0.717, 1.165) is 41.1 Å². The first-order valence-corrected chi connectivity index (χ1v) is 10.9. The number of amides is 1. The van der Waals surface area contributed by atoms with Crippen molar-refractivity contribution in [1.29, 1.82) is 0 Å². The third kappa shape index (κ3) is 4.30. The lowest BCUT2D eigenvalue weighted by atomic mass is 9.88. The first-order valence-electron chi connectivity index (χ1n) is 10.9. The van der Waals surface area contributed by atoms with Crippen LogP contribution in [0.2, 0.25) is 0 Å². The van der Waals surface area contributed by atoms with Crippen LogP contribution in [0.3, 0.4) is 0 Å². The zero-order chi connectivity index (χ0) is 22.8. The fourth-order valence-corrected chi connectivity index (χ4v) is 4.24. The van der Waals surface area contributed by atoms with Crippen LogP contribution in [0.5, 0.6) is 5.75 Å². The molecule has 0 spiro atoms. The molecule has 1 aliphatic rings. The van der Waals surface area contributed by atoms with Gasteiger partial charge in [-0.2, -0.15) is 5.10 Å². The van der Waals surface area contributed by atoms with Crippen LogP contribution in [0.4, 0.5) is 5.95 Å². The summed E-state index contributed by atoms with van der Waals surface area (Å²) in [5.41, 5.74) is 4.59. The molecule has 1 fully saturated rings. The molecule has 168 valence electrons. The standard InChI is InChI=1S/C24H30N6O2/c1-16-21(15-29(4)27-16)23(31)30-12-10-18(11-13-30)22-20(14-25-24(26-22)28(2)3)17-6-8-19(32-5)9-7-17/h6-9,14-15,18H,10-13H2,1-5H3. The first-order chi connectivity index (χ1) is 15.4. The van der Waals surface area contributed by atoms with E-state index in [9.17, 15) is 4.79 Å². The minimum Gasteiger partial charge on any atom is -0.497 e. The van der Waals surface area contributed by atoms with Gasteiger partial charge in [0, 0.05) is 58.1 Å². The quantitative estimate of drug-likeness (QED) is 0.613. The fourth-order valence-electron chi connectivity index (χ4n) is 4.24. The van der Waals surface area contributed by atoms with E-state index >= 15 is 0 Å². The van der Waals surface area contributed by atoms with Crippen molar-refractivity contribution in [3.8, 4) is 16.9 Å². The molecular formula is C24H30N6O2. The minimum atomic E-state index is 0.0566. The monoisotopic (exact) mass is 434 g/mol. The Kier molecular flexibility index (Phi) is 6.12. The van der Waals surface area contributed by atoms with Crippen LogP contribution in [-0.2, 0) is 7.05 Å². The van der Waals surface area contributed by atoms with Gasteiger partial charge in [-0.3, -0.25) is 9.48 Å². The van der Waals surface area contributed by atoms with E-state index in [1.807, 2.05) is 68.3 Å². The third-order valence-corrected chi connectivity index (χ3v) is 6.02. The Bertz CT molecular complexity index is 1100. The van der Waals surface area contributed by atoms with E-state index < -0.39 is 0 Å². The lowest BCUT2D eigenvalue weighted by Crippen LogP contribution is -2.38. The molecule has 8 heteroatoms. The smallest absolute Gasteiger partial charge is 0.257 e. The molecule has 2 aromatic heterocycles. The fraction of sp³-hybridized carbons (Fsp3) is 0.417. The normalized spacial score (nSPS) is 14.5. The van der Waals surface area contributed by atoms with Crippen LogP contribution in [0, 0.1) is 6.92 Å². The van der Waals surface area contributed by atoms with Crippen molar-refractivity contribution in [3.63, 3.8) is 0 Å². The SMILES string of the molecule is COc1ccc(-c2cnc(N(C)C)nc2C2CCN(C(=O)c3cn(C)nc3C)CC2)cc1. The van der Waals surface area contributed by atoms with E-state index in [1.54, 1.807) is 18.0 Å². The molecule has 1 aromatic carbocycles. The largest absolute Gasteiger partial charge is 0.497 e. The Hall–Kier alpha value is -3.42. The van der Waals surface area contributed by atoms with Crippen LogP contribution in [0.1, 0.15) is 40.5 Å². The zero-order valence-electron chi connectivity index (χ0n) is 19.4. The van der Waals surface area contributed by atoms with Crippen molar-refractivity contribution in [3.05, 3.63) is 53.6 Å². The molecule has 0 radical (unpaired) electrons. The van der Waals surface area contributed by atoms with Gasteiger partial charge < -0.3 is 14.5 Å². The highest BCUT2D eigenvalue weighted by Gasteiger charge is 2.29. The van der Waals surface area contributed by atoms with Gasteiger partial charge in [0.25, 0.3) is 5.91 Å². The van der Waals surface area contributed by atoms with E-state index in [4.69, 9.17) is 9.72 Å². The molecule has 1 saturated heterocycles. The summed E-state index contributed by atoms with van der Waals surface area (Å²) in [6, 6.07) is 7.99. The molecule has 32 heavy (non-hydrogen) atoms. The molecule has 0 aliphatic carbocycles. The average Bonchev–Trinajstić information content (AvgIpc) is 3.16. The number of likely N-dealkylation sites (tertiary alicyclic amines) is 1. The molecule has 0 bridgehead atoms. The van der Waals surface area contributed by atoms with Crippen molar-refractivity contribution in [2.45, 2.75) is 25.7 Å². The van der Waals surface area contributed by atoms with Gasteiger partial charge in [-0.05, 0) is 37.5 Å². The van der Waals surface area contributed by atoms with Crippen molar-refractivity contribution < 1.29 is 9.53 Å². The van der Waals surface area contributed by atoms with Crippen LogP contribution in [-0.4, -0.2) is 64.9 Å². The van der Waals surface area contributed by atoms with Gasteiger partial charge in [0.05, 0.1) is 24.1 Å². The molecule has 1 amide bonds. The Morgan fingerprint density at radius 3 is 2.41 bits per heavy atom. The number of aromatic nitrogens is 4. The maximum Gasteiger partial charge on any atom is 0.257 e. The molecule has 0 N–H and O–H groups in total. The van der Waals surface area contributed by atoms with Gasteiger partial charge in [0.15, 0.2) is 0 Å². The van der Waals surface area contributed by atoms with Crippen LogP contribution in [0.15, 0.2) is 36.7 Å². The Morgan fingerprint density at radius 2 is 1.84 bits per heavy atom. The minimum absolute atomic E-state index is 0.0566. The molecule has 0 atom stereocenters. The average molecular weight is 435 g/mol. The second-order valence-corrected chi connectivity index (χ2v) is 8.46. The number of hydrogen-bond acceptors (Lipinski definition) is 6. The van der Waals surface area contributed by atoms with Crippen molar-refractivity contribution >= 4 is 11.9 Å². The number of nitrogens with zero attached hydrogens (tertiary/aromatic N) is 6. The number of hydrogen-bond donors (Lipinski definition) is 0. The number of methoxy groups -OCH3 is 1. The Morgan fingerprint density at radius 1 is 1.16 bits per heavy atom. The molecule has 4 rings (SSSR count). The summed E-state index contributed by atoms with van der Waals surface area (Å²) >= 11 is 0. The van der Waals surface area contributed by atoms with Crippen LogP contribution < -0.4 is 9.64 Å². The van der Waals surface area contributed by atoms with Crippen molar-refractivity contribution in [1.82, 2.24) is 24.6 Å². The van der Waals surface area contributed by atoms with Gasteiger partial charge in [-0.15, -0.1) is 0 Å². The van der Waals surface area contributed by atoms with E-state index in [2.05, 4.69) is 10.1 Å². The maximum absolute atomic E-state index is 13.0. The predicted octanol–water partition coefficient (Wildman–Crippen LogP) is 3.28. The summed E-state index contributed by atoms with van der Waals surface area (Å²) in [6.45, 7) is 3.27. The molecular weight excluding hydrogens is 404 g/mol. The highest BCUT2D eigenvalue weighted by Crippen LogP contribution is 2.35. The molecule has 8 nitrogen and oxygen atoms in total. The van der Waals surface area contributed by atoms with Crippen molar-refractivity contribution in [2.75, 3.05) is 39.2 Å². The topological polar surface area (TPSA) is 76.4 Å². The summed E-state index contributed by atoms with van der Waals surface area (Å²) in [6.07, 6.45) is 5.44. The van der Waals surface area contributed by atoms with Gasteiger partial charge in [-0.25, -0.2) is 9.97 Å². The van der Waals surface area contributed by atoms with Gasteiger partial charge in [-0.1, -0.05) is 12.1 Å². The predicted molar refractivity (Wildman–Crippen MR) is 124 cm³/mol. The van der Waals surface area contributed by atoms with Crippen molar-refractivity contribution in [2.24, 2.45) is 7.05 Å². The molecule has 0 saturated carbocycles. The van der Waals surface area contributed by atoms with E-state index in [0.29, 0.717) is 24.6 Å². The third-order valence-electron chi connectivity index (χ3n) is 6.02. The summed E-state index contributed by atoms with van der Waals surface area (Å²) in [4.78, 5) is 26.3. The highest BCUT2D eigenvalue weighted by atomic mass is 16.5. The highest BCUT2D eigenvalue weighted by molar-refractivity contribution is 5.95. The van der Waals surface area contributed by atoms with Gasteiger partial charge in [0.2, 0.25) is 5.95 Å². The summed E-state index contributed by atoms with van der Waals surface area (Å²) in [5.74, 6) is 1.83. The summed E-state index contributed by atoms with van der Waals surface area (Å²) in [7, 11) is 7.40. The number of rotatable bonds is 5. The first kappa shape index (κ1) is 21.8. The lowest BCUT2D eigenvalue weighted by molar-refractivity contribution is 0.0711. The number of carbonyl (C=O) groups excluding carboxylic acids is 1. The summed E-state index contributed by atoms with van der Waals surface area (Å²) in [5, 5.41) is 4.31.